The van der Waals surface area contributed by atoms with Gasteiger partial charge in [-0.05, 0) is 50.8 Å². The summed E-state index contributed by atoms with van der Waals surface area (Å²) in [6.45, 7) is 3.75. The maximum atomic E-state index is 14.6. The highest BCUT2D eigenvalue weighted by Gasteiger charge is 2.31. The molecule has 0 bridgehead atoms. The van der Waals surface area contributed by atoms with Crippen molar-refractivity contribution in [2.45, 2.75) is 32.7 Å². The molecule has 0 unspecified atom stereocenters. The standard InChI is InChI=1S/C21H22ClFN4O/c1-11-21(28)27(12(2)13-5-6-13)20-19(25-11)14(7-8-24-20)15-9-17(23)18(26(3)4)10-16(15)22/h7-10,12-13H,5-6H2,1-4H3/t12-/m1/s1. The van der Waals surface area contributed by atoms with Crippen LogP contribution in [0.15, 0.2) is 29.2 Å². The maximum Gasteiger partial charge on any atom is 0.273 e. The van der Waals surface area contributed by atoms with Crippen molar-refractivity contribution in [1.82, 2.24) is 14.5 Å². The lowest BCUT2D eigenvalue weighted by atomic mass is 10.0. The summed E-state index contributed by atoms with van der Waals surface area (Å²) in [5, 5.41) is 0.421. The first-order chi connectivity index (χ1) is 13.3. The Bertz CT molecular complexity index is 1140. The van der Waals surface area contributed by atoms with E-state index in [4.69, 9.17) is 11.6 Å². The lowest BCUT2D eigenvalue weighted by molar-refractivity contribution is 0.480. The fraction of sp³-hybridized carbons (Fsp3) is 0.381. The zero-order valence-electron chi connectivity index (χ0n) is 16.3. The molecule has 0 N–H and O–H groups in total. The number of aromatic nitrogens is 3. The molecule has 1 saturated carbocycles. The van der Waals surface area contributed by atoms with Gasteiger partial charge in [0.15, 0.2) is 5.65 Å². The molecule has 1 fully saturated rings. The molecule has 146 valence electrons. The van der Waals surface area contributed by atoms with E-state index in [2.05, 4.69) is 9.97 Å². The molecule has 0 radical (unpaired) electrons. The van der Waals surface area contributed by atoms with Gasteiger partial charge in [-0.3, -0.25) is 9.36 Å². The first-order valence-corrected chi connectivity index (χ1v) is 9.72. The maximum absolute atomic E-state index is 14.6. The molecular weight excluding hydrogens is 379 g/mol. The summed E-state index contributed by atoms with van der Waals surface area (Å²) in [5.41, 5.74) is 2.96. The first kappa shape index (κ1) is 18.9. The molecule has 2 heterocycles. The van der Waals surface area contributed by atoms with Crippen LogP contribution in [0.25, 0.3) is 22.3 Å². The van der Waals surface area contributed by atoms with E-state index in [-0.39, 0.29) is 17.4 Å². The van der Waals surface area contributed by atoms with Gasteiger partial charge in [-0.1, -0.05) is 11.6 Å². The Morgan fingerprint density at radius 3 is 2.64 bits per heavy atom. The predicted molar refractivity (Wildman–Crippen MR) is 111 cm³/mol. The Morgan fingerprint density at radius 2 is 2.00 bits per heavy atom. The Hall–Kier alpha value is -2.47. The van der Waals surface area contributed by atoms with E-state index >= 15 is 0 Å². The monoisotopic (exact) mass is 400 g/mol. The molecular formula is C21H22ClFN4O. The Morgan fingerprint density at radius 1 is 1.29 bits per heavy atom. The van der Waals surface area contributed by atoms with Crippen LogP contribution in [-0.2, 0) is 0 Å². The van der Waals surface area contributed by atoms with Gasteiger partial charge in [0.25, 0.3) is 5.56 Å². The normalized spacial score (nSPS) is 15.1. The molecule has 0 saturated heterocycles. The number of fused-ring (bicyclic) bond motifs is 1. The second-order valence-electron chi connectivity index (χ2n) is 7.66. The van der Waals surface area contributed by atoms with Crippen LogP contribution in [0.5, 0.6) is 0 Å². The van der Waals surface area contributed by atoms with Crippen molar-refractivity contribution in [1.29, 1.82) is 0 Å². The molecule has 1 atom stereocenters. The van der Waals surface area contributed by atoms with Gasteiger partial charge in [0.2, 0.25) is 0 Å². The summed E-state index contributed by atoms with van der Waals surface area (Å²) in [6, 6.07) is 4.83. The SMILES string of the molecule is Cc1nc2c(-c3cc(F)c(N(C)C)cc3Cl)ccnc2n([C@H](C)C2CC2)c1=O. The Balaban J connectivity index is 2.00. The van der Waals surface area contributed by atoms with Crippen LogP contribution in [-0.4, -0.2) is 28.6 Å². The summed E-state index contributed by atoms with van der Waals surface area (Å²) in [5.74, 6) is 0.110. The minimum absolute atomic E-state index is 0.0442. The fourth-order valence-corrected chi connectivity index (χ4v) is 3.95. The van der Waals surface area contributed by atoms with Crippen molar-refractivity contribution in [3.05, 3.63) is 51.3 Å². The van der Waals surface area contributed by atoms with Gasteiger partial charge >= 0.3 is 0 Å². The van der Waals surface area contributed by atoms with Crippen LogP contribution < -0.4 is 10.5 Å². The zero-order chi connectivity index (χ0) is 20.2. The molecule has 1 aromatic carbocycles. The topological polar surface area (TPSA) is 51.0 Å². The van der Waals surface area contributed by atoms with Crippen LogP contribution in [0, 0.1) is 18.7 Å². The minimum atomic E-state index is -0.370. The smallest absolute Gasteiger partial charge is 0.273 e. The molecule has 28 heavy (non-hydrogen) atoms. The second-order valence-corrected chi connectivity index (χ2v) is 8.07. The average Bonchev–Trinajstić information content (AvgIpc) is 3.48. The number of nitrogens with zero attached hydrogens (tertiary/aromatic N) is 4. The van der Waals surface area contributed by atoms with Gasteiger partial charge in [0.1, 0.15) is 17.0 Å². The summed E-state index contributed by atoms with van der Waals surface area (Å²) in [6.07, 6.45) is 3.84. The number of anilines is 1. The van der Waals surface area contributed by atoms with Crippen molar-refractivity contribution in [2.75, 3.05) is 19.0 Å². The molecule has 0 aliphatic heterocycles. The average molecular weight is 401 g/mol. The van der Waals surface area contributed by atoms with Gasteiger partial charge < -0.3 is 4.90 Å². The molecule has 7 heteroatoms. The summed E-state index contributed by atoms with van der Waals surface area (Å²) < 4.78 is 16.4. The van der Waals surface area contributed by atoms with Gasteiger partial charge in [0, 0.05) is 37.5 Å². The van der Waals surface area contributed by atoms with E-state index < -0.39 is 0 Å². The number of hydrogen-bond donors (Lipinski definition) is 0. The van der Waals surface area contributed by atoms with Crippen molar-refractivity contribution in [3.63, 3.8) is 0 Å². The van der Waals surface area contributed by atoms with Crippen molar-refractivity contribution in [3.8, 4) is 11.1 Å². The summed E-state index contributed by atoms with van der Waals surface area (Å²) in [7, 11) is 3.53. The number of halogens is 2. The summed E-state index contributed by atoms with van der Waals surface area (Å²) in [4.78, 5) is 23.5. The quantitative estimate of drug-likeness (QED) is 0.642. The number of rotatable bonds is 4. The molecule has 2 aromatic heterocycles. The van der Waals surface area contributed by atoms with Crippen LogP contribution in [0.3, 0.4) is 0 Å². The Kier molecular flexibility index (Phi) is 4.62. The molecule has 1 aliphatic rings. The largest absolute Gasteiger partial charge is 0.375 e. The lowest BCUT2D eigenvalue weighted by Gasteiger charge is -2.19. The van der Waals surface area contributed by atoms with E-state index in [0.29, 0.717) is 44.6 Å². The van der Waals surface area contributed by atoms with Gasteiger partial charge in [-0.2, -0.15) is 0 Å². The third-order valence-corrected chi connectivity index (χ3v) is 5.77. The third kappa shape index (κ3) is 3.05. The highest BCUT2D eigenvalue weighted by Crippen LogP contribution is 2.41. The highest BCUT2D eigenvalue weighted by atomic mass is 35.5. The molecule has 5 nitrogen and oxygen atoms in total. The summed E-state index contributed by atoms with van der Waals surface area (Å²) >= 11 is 6.50. The Labute approximate surface area is 167 Å². The second kappa shape index (κ2) is 6.85. The molecule has 1 aliphatic carbocycles. The lowest BCUT2D eigenvalue weighted by Crippen LogP contribution is -2.28. The first-order valence-electron chi connectivity index (χ1n) is 9.34. The van der Waals surface area contributed by atoms with Crippen LogP contribution in [0.4, 0.5) is 10.1 Å². The van der Waals surface area contributed by atoms with E-state index in [1.165, 1.54) is 6.07 Å². The number of hydrogen-bond acceptors (Lipinski definition) is 4. The zero-order valence-corrected chi connectivity index (χ0v) is 17.1. The van der Waals surface area contributed by atoms with Crippen molar-refractivity contribution < 1.29 is 4.39 Å². The van der Waals surface area contributed by atoms with Crippen molar-refractivity contribution >= 4 is 28.5 Å². The third-order valence-electron chi connectivity index (χ3n) is 5.46. The van der Waals surface area contributed by atoms with Crippen LogP contribution in [0.1, 0.15) is 31.5 Å². The van der Waals surface area contributed by atoms with Gasteiger partial charge in [-0.25, -0.2) is 14.4 Å². The van der Waals surface area contributed by atoms with E-state index in [9.17, 15) is 9.18 Å². The van der Waals surface area contributed by atoms with Gasteiger partial charge in [-0.15, -0.1) is 0 Å². The van der Waals surface area contributed by atoms with E-state index in [1.54, 1.807) is 48.8 Å². The van der Waals surface area contributed by atoms with Crippen molar-refractivity contribution in [2.24, 2.45) is 5.92 Å². The number of pyridine rings is 1. The molecule has 3 aromatic rings. The highest BCUT2D eigenvalue weighted by molar-refractivity contribution is 6.34. The fourth-order valence-electron chi connectivity index (χ4n) is 3.69. The molecule has 0 amide bonds. The van der Waals surface area contributed by atoms with Crippen LogP contribution >= 0.6 is 11.6 Å². The molecule has 0 spiro atoms. The van der Waals surface area contributed by atoms with Crippen LogP contribution in [0.2, 0.25) is 5.02 Å². The molecule has 4 rings (SSSR count). The minimum Gasteiger partial charge on any atom is -0.375 e. The number of aryl methyl sites for hydroxylation is 1. The van der Waals surface area contributed by atoms with E-state index in [0.717, 1.165) is 12.8 Å². The predicted octanol–water partition coefficient (Wildman–Crippen LogP) is 4.60. The van der Waals surface area contributed by atoms with E-state index in [1.807, 2.05) is 6.92 Å². The van der Waals surface area contributed by atoms with Gasteiger partial charge in [0.05, 0.1) is 10.7 Å². The number of benzene rings is 1.